The van der Waals surface area contributed by atoms with Crippen molar-refractivity contribution in [3.63, 3.8) is 0 Å². The Bertz CT molecular complexity index is 372. The second kappa shape index (κ2) is 5.45. The van der Waals surface area contributed by atoms with Crippen LogP contribution in [-0.4, -0.2) is 33.1 Å². The molecule has 1 aromatic carbocycles. The average Bonchev–Trinajstić information content (AvgIpc) is 2.22. The summed E-state index contributed by atoms with van der Waals surface area (Å²) in [7, 11) is 0. The van der Waals surface area contributed by atoms with Crippen LogP contribution in [0.2, 0.25) is 5.02 Å². The molecular weight excluding hydrogens is 239 g/mol. The van der Waals surface area contributed by atoms with Crippen molar-refractivity contribution in [1.82, 2.24) is 0 Å². The first-order chi connectivity index (χ1) is 7.47. The van der Waals surface area contributed by atoms with Gasteiger partial charge < -0.3 is 20.4 Å². The van der Waals surface area contributed by atoms with Gasteiger partial charge in [0.05, 0.1) is 6.10 Å². The van der Waals surface area contributed by atoms with Crippen molar-refractivity contribution < 1.29 is 24.8 Å². The Balaban J connectivity index is 3.03. The number of aromatic hydroxyl groups is 1. The van der Waals surface area contributed by atoms with Crippen LogP contribution in [0, 0.1) is 5.82 Å². The molecule has 1 rings (SSSR count). The van der Waals surface area contributed by atoms with Crippen molar-refractivity contribution >= 4 is 11.6 Å². The highest BCUT2D eigenvalue weighted by Gasteiger charge is 2.23. The van der Waals surface area contributed by atoms with Gasteiger partial charge in [-0.2, -0.15) is 0 Å². The predicted octanol–water partition coefficient (Wildman–Crippen LogP) is 0.961. The van der Waals surface area contributed by atoms with E-state index in [1.807, 2.05) is 0 Å². The molecule has 1 aromatic rings. The second-order valence-corrected chi connectivity index (χ2v) is 3.79. The maximum Gasteiger partial charge on any atom is 0.166 e. The van der Waals surface area contributed by atoms with E-state index in [4.69, 9.17) is 16.7 Å². The van der Waals surface area contributed by atoms with E-state index in [0.717, 1.165) is 12.1 Å². The van der Waals surface area contributed by atoms with E-state index in [1.54, 1.807) is 0 Å². The molecule has 0 saturated heterocycles. The highest BCUT2D eigenvalue weighted by molar-refractivity contribution is 6.30. The first-order valence-electron chi connectivity index (χ1n) is 4.62. The molecule has 90 valence electrons. The Morgan fingerprint density at radius 3 is 2.50 bits per heavy atom. The van der Waals surface area contributed by atoms with Gasteiger partial charge in [0.2, 0.25) is 0 Å². The predicted molar refractivity (Wildman–Crippen MR) is 55.7 cm³/mol. The van der Waals surface area contributed by atoms with Crippen molar-refractivity contribution in [2.45, 2.75) is 18.6 Å². The topological polar surface area (TPSA) is 80.9 Å². The van der Waals surface area contributed by atoms with E-state index < -0.39 is 23.8 Å². The number of hydrogen-bond acceptors (Lipinski definition) is 4. The van der Waals surface area contributed by atoms with Gasteiger partial charge in [0.15, 0.2) is 11.6 Å². The van der Waals surface area contributed by atoms with Crippen molar-refractivity contribution in [2.24, 2.45) is 0 Å². The fourth-order valence-electron chi connectivity index (χ4n) is 1.31. The van der Waals surface area contributed by atoms with Crippen LogP contribution in [-0.2, 0) is 0 Å². The molecule has 0 spiro atoms. The third kappa shape index (κ3) is 2.82. The minimum Gasteiger partial charge on any atom is -0.505 e. The standard InChI is InChI=1S/C10H12ClFO4/c11-5-3-6(9(15)7(12)4-5)10(16)8(14)1-2-13/h3-4,8,10,13-16H,1-2H2. The lowest BCUT2D eigenvalue weighted by atomic mass is 10.0. The van der Waals surface area contributed by atoms with Crippen LogP contribution in [0.15, 0.2) is 12.1 Å². The Hall–Kier alpha value is -0.880. The molecule has 0 radical (unpaired) electrons. The summed E-state index contributed by atoms with van der Waals surface area (Å²) < 4.78 is 13.1. The average molecular weight is 251 g/mol. The number of rotatable bonds is 4. The SMILES string of the molecule is OCCC(O)C(O)c1cc(Cl)cc(F)c1O. The van der Waals surface area contributed by atoms with E-state index in [9.17, 15) is 19.7 Å². The van der Waals surface area contributed by atoms with Crippen LogP contribution < -0.4 is 0 Å². The van der Waals surface area contributed by atoms with Crippen molar-refractivity contribution in [1.29, 1.82) is 0 Å². The molecule has 0 heterocycles. The van der Waals surface area contributed by atoms with E-state index in [1.165, 1.54) is 0 Å². The van der Waals surface area contributed by atoms with Gasteiger partial charge in [-0.1, -0.05) is 11.6 Å². The summed E-state index contributed by atoms with van der Waals surface area (Å²) in [5.74, 6) is -1.73. The zero-order chi connectivity index (χ0) is 12.3. The number of phenolic OH excluding ortho intramolecular Hbond substituents is 1. The van der Waals surface area contributed by atoms with Crippen molar-refractivity contribution in [3.05, 3.63) is 28.5 Å². The monoisotopic (exact) mass is 250 g/mol. The smallest absolute Gasteiger partial charge is 0.166 e. The van der Waals surface area contributed by atoms with E-state index in [2.05, 4.69) is 0 Å². The number of aliphatic hydroxyl groups excluding tert-OH is 3. The van der Waals surface area contributed by atoms with Gasteiger partial charge in [-0.15, -0.1) is 0 Å². The third-order valence-electron chi connectivity index (χ3n) is 2.17. The molecule has 0 fully saturated rings. The van der Waals surface area contributed by atoms with Gasteiger partial charge >= 0.3 is 0 Å². The fourth-order valence-corrected chi connectivity index (χ4v) is 1.52. The fraction of sp³-hybridized carbons (Fsp3) is 0.400. The Labute approximate surface area is 96.5 Å². The maximum atomic E-state index is 13.1. The summed E-state index contributed by atoms with van der Waals surface area (Å²) in [6.07, 6.45) is -2.89. The summed E-state index contributed by atoms with van der Waals surface area (Å²) in [4.78, 5) is 0. The molecule has 6 heteroatoms. The number of hydrogen-bond donors (Lipinski definition) is 4. The molecule has 0 aliphatic heterocycles. The molecule has 0 bridgehead atoms. The lowest BCUT2D eigenvalue weighted by Crippen LogP contribution is -2.19. The van der Waals surface area contributed by atoms with Gasteiger partial charge in [0.1, 0.15) is 6.10 Å². The van der Waals surface area contributed by atoms with E-state index >= 15 is 0 Å². The highest BCUT2D eigenvalue weighted by Crippen LogP contribution is 2.32. The summed E-state index contributed by atoms with van der Waals surface area (Å²) in [5.41, 5.74) is -0.203. The minimum atomic E-state index is -1.50. The van der Waals surface area contributed by atoms with E-state index in [0.29, 0.717) is 0 Å². The third-order valence-corrected chi connectivity index (χ3v) is 2.38. The van der Waals surface area contributed by atoms with Crippen LogP contribution in [0.25, 0.3) is 0 Å². The first-order valence-corrected chi connectivity index (χ1v) is 5.00. The van der Waals surface area contributed by atoms with E-state index in [-0.39, 0.29) is 23.6 Å². The van der Waals surface area contributed by atoms with Crippen LogP contribution in [0.5, 0.6) is 5.75 Å². The molecule has 2 atom stereocenters. The molecular formula is C10H12ClFO4. The molecule has 0 amide bonds. The van der Waals surface area contributed by atoms with Crippen LogP contribution in [0.4, 0.5) is 4.39 Å². The number of aliphatic hydroxyl groups is 3. The number of benzene rings is 1. The van der Waals surface area contributed by atoms with Gasteiger partial charge in [-0.25, -0.2) is 4.39 Å². The first kappa shape index (κ1) is 13.2. The molecule has 0 aliphatic rings. The molecule has 4 N–H and O–H groups in total. The van der Waals surface area contributed by atoms with Crippen molar-refractivity contribution in [3.8, 4) is 5.75 Å². The van der Waals surface area contributed by atoms with Gasteiger partial charge in [-0.05, 0) is 18.6 Å². The Morgan fingerprint density at radius 1 is 1.31 bits per heavy atom. The zero-order valence-corrected chi connectivity index (χ0v) is 9.02. The zero-order valence-electron chi connectivity index (χ0n) is 8.27. The lowest BCUT2D eigenvalue weighted by molar-refractivity contribution is 0.00282. The minimum absolute atomic E-state index is 0.000508. The molecule has 0 aliphatic carbocycles. The summed E-state index contributed by atoms with van der Waals surface area (Å²) in [6.45, 7) is -0.331. The largest absolute Gasteiger partial charge is 0.505 e. The summed E-state index contributed by atoms with van der Waals surface area (Å²) in [5, 5.41) is 36.9. The lowest BCUT2D eigenvalue weighted by Gasteiger charge is -2.18. The van der Waals surface area contributed by atoms with Gasteiger partial charge in [0, 0.05) is 17.2 Å². The second-order valence-electron chi connectivity index (χ2n) is 3.35. The number of phenols is 1. The van der Waals surface area contributed by atoms with Crippen LogP contribution >= 0.6 is 11.6 Å². The quantitative estimate of drug-likeness (QED) is 0.642. The number of halogens is 2. The Morgan fingerprint density at radius 2 is 1.94 bits per heavy atom. The van der Waals surface area contributed by atoms with Gasteiger partial charge in [-0.3, -0.25) is 0 Å². The summed E-state index contributed by atoms with van der Waals surface area (Å²) >= 11 is 5.55. The Kier molecular flexibility index (Phi) is 4.49. The molecule has 16 heavy (non-hydrogen) atoms. The van der Waals surface area contributed by atoms with Gasteiger partial charge in [0.25, 0.3) is 0 Å². The molecule has 0 saturated carbocycles. The van der Waals surface area contributed by atoms with Crippen LogP contribution in [0.1, 0.15) is 18.1 Å². The highest BCUT2D eigenvalue weighted by atomic mass is 35.5. The molecule has 0 aromatic heterocycles. The summed E-state index contributed by atoms with van der Waals surface area (Å²) in [6, 6.07) is 2.05. The normalized spacial score (nSPS) is 14.8. The van der Waals surface area contributed by atoms with Crippen LogP contribution in [0.3, 0.4) is 0 Å². The van der Waals surface area contributed by atoms with Crippen molar-refractivity contribution in [2.75, 3.05) is 6.61 Å². The molecule has 4 nitrogen and oxygen atoms in total. The maximum absolute atomic E-state index is 13.1. The molecule has 2 unspecified atom stereocenters.